The SMILES string of the molecule is Cc1ccc(COc2ccc(C=C(C#N)C(=O)c3ccccc3)cc2)cc1. The zero-order valence-corrected chi connectivity index (χ0v) is 15.1. The Bertz CT molecular complexity index is 979. The van der Waals surface area contributed by atoms with Crippen LogP contribution in [0.1, 0.15) is 27.0 Å². The zero-order chi connectivity index (χ0) is 19.1. The van der Waals surface area contributed by atoms with Gasteiger partial charge in [0.2, 0.25) is 5.78 Å². The maximum absolute atomic E-state index is 12.4. The second-order valence-corrected chi connectivity index (χ2v) is 6.21. The van der Waals surface area contributed by atoms with Crippen molar-refractivity contribution in [3.05, 3.63) is 107 Å². The van der Waals surface area contributed by atoms with Crippen molar-refractivity contribution in [3.8, 4) is 11.8 Å². The summed E-state index contributed by atoms with van der Waals surface area (Å²) in [5.74, 6) is 0.457. The van der Waals surface area contributed by atoms with E-state index in [0.717, 1.165) is 16.9 Å². The van der Waals surface area contributed by atoms with Crippen LogP contribution in [0.25, 0.3) is 6.08 Å². The molecular formula is C24H19NO2. The third kappa shape index (κ3) is 4.93. The summed E-state index contributed by atoms with van der Waals surface area (Å²) in [6.45, 7) is 2.54. The van der Waals surface area contributed by atoms with Crippen molar-refractivity contribution in [2.24, 2.45) is 0 Å². The lowest BCUT2D eigenvalue weighted by atomic mass is 10.0. The Hall–Kier alpha value is -3.64. The predicted octanol–water partition coefficient (Wildman–Crippen LogP) is 5.36. The Morgan fingerprint density at radius 3 is 2.26 bits per heavy atom. The summed E-state index contributed by atoms with van der Waals surface area (Å²) in [4.78, 5) is 12.4. The number of allylic oxidation sites excluding steroid dienone is 1. The van der Waals surface area contributed by atoms with Crippen LogP contribution in [0.3, 0.4) is 0 Å². The average molecular weight is 353 g/mol. The molecule has 0 saturated heterocycles. The highest BCUT2D eigenvalue weighted by atomic mass is 16.5. The van der Waals surface area contributed by atoms with Crippen LogP contribution in [-0.4, -0.2) is 5.78 Å². The van der Waals surface area contributed by atoms with E-state index in [1.807, 2.05) is 48.5 Å². The molecule has 0 N–H and O–H groups in total. The highest BCUT2D eigenvalue weighted by Crippen LogP contribution is 2.18. The molecular weight excluding hydrogens is 334 g/mol. The van der Waals surface area contributed by atoms with E-state index in [-0.39, 0.29) is 11.4 Å². The van der Waals surface area contributed by atoms with Gasteiger partial charge in [0.15, 0.2) is 0 Å². The molecule has 0 aromatic heterocycles. The molecule has 0 heterocycles. The van der Waals surface area contributed by atoms with E-state index in [1.165, 1.54) is 5.56 Å². The smallest absolute Gasteiger partial charge is 0.203 e. The highest BCUT2D eigenvalue weighted by Gasteiger charge is 2.11. The van der Waals surface area contributed by atoms with Crippen molar-refractivity contribution in [1.82, 2.24) is 0 Å². The molecule has 3 rings (SSSR count). The quantitative estimate of drug-likeness (QED) is 0.340. The van der Waals surface area contributed by atoms with Crippen LogP contribution in [-0.2, 0) is 6.61 Å². The normalized spacial score (nSPS) is 10.9. The van der Waals surface area contributed by atoms with Gasteiger partial charge in [0.1, 0.15) is 24.0 Å². The molecule has 0 aliphatic carbocycles. The minimum Gasteiger partial charge on any atom is -0.489 e. The van der Waals surface area contributed by atoms with Gasteiger partial charge in [-0.15, -0.1) is 0 Å². The summed E-state index contributed by atoms with van der Waals surface area (Å²) in [5, 5.41) is 9.34. The number of ketones is 1. The van der Waals surface area contributed by atoms with Gasteiger partial charge in [-0.25, -0.2) is 0 Å². The van der Waals surface area contributed by atoms with Gasteiger partial charge in [-0.1, -0.05) is 72.3 Å². The van der Waals surface area contributed by atoms with Crippen LogP contribution in [0.5, 0.6) is 5.75 Å². The molecule has 0 unspecified atom stereocenters. The predicted molar refractivity (Wildman–Crippen MR) is 106 cm³/mol. The lowest BCUT2D eigenvalue weighted by molar-refractivity contribution is 0.104. The van der Waals surface area contributed by atoms with Crippen molar-refractivity contribution in [2.75, 3.05) is 0 Å². The topological polar surface area (TPSA) is 50.1 Å². The number of hydrogen-bond donors (Lipinski definition) is 0. The van der Waals surface area contributed by atoms with Crippen molar-refractivity contribution >= 4 is 11.9 Å². The summed E-state index contributed by atoms with van der Waals surface area (Å²) < 4.78 is 5.78. The van der Waals surface area contributed by atoms with Gasteiger partial charge in [-0.05, 0) is 36.3 Å². The Morgan fingerprint density at radius 2 is 1.63 bits per heavy atom. The molecule has 0 aliphatic rings. The Morgan fingerprint density at radius 1 is 0.963 bits per heavy atom. The molecule has 0 bridgehead atoms. The molecule has 3 nitrogen and oxygen atoms in total. The monoisotopic (exact) mass is 353 g/mol. The van der Waals surface area contributed by atoms with Gasteiger partial charge < -0.3 is 4.74 Å². The van der Waals surface area contributed by atoms with Crippen LogP contribution in [0.2, 0.25) is 0 Å². The maximum Gasteiger partial charge on any atom is 0.203 e. The molecule has 3 heteroatoms. The number of nitriles is 1. The molecule has 0 radical (unpaired) electrons. The molecule has 132 valence electrons. The van der Waals surface area contributed by atoms with Gasteiger partial charge in [0.25, 0.3) is 0 Å². The first-order valence-corrected chi connectivity index (χ1v) is 8.65. The lowest BCUT2D eigenvalue weighted by Crippen LogP contribution is -2.01. The fraction of sp³-hybridized carbons (Fsp3) is 0.0833. The Kier molecular flexibility index (Phi) is 5.81. The van der Waals surface area contributed by atoms with E-state index in [9.17, 15) is 10.1 Å². The van der Waals surface area contributed by atoms with Crippen molar-refractivity contribution < 1.29 is 9.53 Å². The fourth-order valence-corrected chi connectivity index (χ4v) is 2.57. The highest BCUT2D eigenvalue weighted by molar-refractivity contribution is 6.14. The van der Waals surface area contributed by atoms with Crippen LogP contribution < -0.4 is 4.74 Å². The molecule has 0 fully saturated rings. The van der Waals surface area contributed by atoms with Crippen molar-refractivity contribution in [3.63, 3.8) is 0 Å². The van der Waals surface area contributed by atoms with Crippen molar-refractivity contribution in [1.29, 1.82) is 5.26 Å². The van der Waals surface area contributed by atoms with Crippen LogP contribution >= 0.6 is 0 Å². The minimum atomic E-state index is -0.280. The number of aryl methyl sites for hydroxylation is 1. The van der Waals surface area contributed by atoms with Gasteiger partial charge in [-0.2, -0.15) is 5.26 Å². The largest absolute Gasteiger partial charge is 0.489 e. The lowest BCUT2D eigenvalue weighted by Gasteiger charge is -2.07. The summed E-state index contributed by atoms with van der Waals surface area (Å²) >= 11 is 0. The van der Waals surface area contributed by atoms with E-state index in [0.29, 0.717) is 12.2 Å². The van der Waals surface area contributed by atoms with Crippen LogP contribution in [0.4, 0.5) is 0 Å². The first kappa shape index (κ1) is 18.2. The second kappa shape index (κ2) is 8.64. The molecule has 0 spiro atoms. The molecule has 0 aliphatic heterocycles. The number of Topliss-reactive ketones (excluding diaryl/α,β-unsaturated/α-hetero) is 1. The Labute approximate surface area is 159 Å². The average Bonchev–Trinajstić information content (AvgIpc) is 2.72. The standard InChI is InChI=1S/C24H19NO2/c1-18-7-9-20(10-8-18)17-27-23-13-11-19(12-14-23)15-22(16-25)24(26)21-5-3-2-4-6-21/h2-15H,17H2,1H3. The second-order valence-electron chi connectivity index (χ2n) is 6.21. The van der Waals surface area contributed by atoms with Crippen LogP contribution in [0, 0.1) is 18.3 Å². The maximum atomic E-state index is 12.4. The zero-order valence-electron chi connectivity index (χ0n) is 15.1. The number of rotatable bonds is 6. The number of carbonyl (C=O) groups excluding carboxylic acids is 1. The van der Waals surface area contributed by atoms with E-state index in [1.54, 1.807) is 30.3 Å². The summed E-state index contributed by atoms with van der Waals surface area (Å²) in [6, 6.07) is 26.3. The summed E-state index contributed by atoms with van der Waals surface area (Å²) in [7, 11) is 0. The first-order chi connectivity index (χ1) is 13.2. The number of hydrogen-bond acceptors (Lipinski definition) is 3. The number of ether oxygens (including phenoxy) is 1. The third-order valence-corrected chi connectivity index (χ3v) is 4.12. The number of nitrogens with zero attached hydrogens (tertiary/aromatic N) is 1. The first-order valence-electron chi connectivity index (χ1n) is 8.65. The summed E-state index contributed by atoms with van der Waals surface area (Å²) in [6.07, 6.45) is 1.60. The number of benzene rings is 3. The van der Waals surface area contributed by atoms with Gasteiger partial charge in [0.05, 0.1) is 0 Å². The summed E-state index contributed by atoms with van der Waals surface area (Å²) in [5.41, 5.74) is 3.70. The minimum absolute atomic E-state index is 0.106. The molecule has 0 amide bonds. The van der Waals surface area contributed by atoms with Gasteiger partial charge in [0, 0.05) is 5.56 Å². The Balaban J connectivity index is 1.68. The molecule has 0 atom stereocenters. The van der Waals surface area contributed by atoms with E-state index in [4.69, 9.17) is 4.74 Å². The molecule has 3 aromatic carbocycles. The van der Waals surface area contributed by atoms with E-state index in [2.05, 4.69) is 19.1 Å². The van der Waals surface area contributed by atoms with Crippen LogP contribution in [0.15, 0.2) is 84.4 Å². The van der Waals surface area contributed by atoms with Gasteiger partial charge in [-0.3, -0.25) is 4.79 Å². The fourth-order valence-electron chi connectivity index (χ4n) is 2.57. The van der Waals surface area contributed by atoms with Gasteiger partial charge >= 0.3 is 0 Å². The molecule has 3 aromatic rings. The van der Waals surface area contributed by atoms with Crippen molar-refractivity contribution in [2.45, 2.75) is 13.5 Å². The third-order valence-electron chi connectivity index (χ3n) is 4.12. The van der Waals surface area contributed by atoms with E-state index < -0.39 is 0 Å². The molecule has 27 heavy (non-hydrogen) atoms. The number of carbonyl (C=O) groups is 1. The molecule has 0 saturated carbocycles. The van der Waals surface area contributed by atoms with E-state index >= 15 is 0 Å².